The molecule has 2 aromatic rings. The van der Waals surface area contributed by atoms with Crippen LogP contribution in [0.1, 0.15) is 40.5 Å². The number of methoxy groups -OCH3 is 2. The molecule has 2 amide bonds. The fourth-order valence-corrected chi connectivity index (χ4v) is 2.58. The van der Waals surface area contributed by atoms with Crippen LogP contribution in [0.5, 0.6) is 11.5 Å². The lowest BCUT2D eigenvalue weighted by molar-refractivity contribution is 0.0792. The molecule has 0 saturated heterocycles. The molecule has 0 fully saturated rings. The fraction of sp³-hybridized carbons (Fsp3) is 0.333. The molecule has 0 spiro atoms. The Labute approximate surface area is 160 Å². The van der Waals surface area contributed by atoms with Gasteiger partial charge in [-0.05, 0) is 42.8 Å². The number of rotatable bonds is 8. The number of carbonyl (C=O) groups excluding carboxylic acids is 2. The molecule has 0 heterocycles. The van der Waals surface area contributed by atoms with E-state index in [0.717, 1.165) is 19.4 Å². The Balaban J connectivity index is 2.09. The molecule has 0 saturated carbocycles. The standard InChI is InChI=1S/C21H26N2O4/c1-5-6-13-23(2)21(25)16-9-7-15(8-10-16)20(24)22-18-12-11-17(26-3)14-19(18)27-4/h7-12,14H,5-6,13H2,1-4H3,(H,22,24). The van der Waals surface area contributed by atoms with Gasteiger partial charge in [0.1, 0.15) is 11.5 Å². The first-order chi connectivity index (χ1) is 13.0. The second-order valence-corrected chi connectivity index (χ2v) is 6.18. The van der Waals surface area contributed by atoms with Crippen LogP contribution in [-0.2, 0) is 0 Å². The van der Waals surface area contributed by atoms with Gasteiger partial charge in [0.25, 0.3) is 11.8 Å². The zero-order valence-corrected chi connectivity index (χ0v) is 16.2. The smallest absolute Gasteiger partial charge is 0.255 e. The van der Waals surface area contributed by atoms with Crippen LogP contribution in [0, 0.1) is 0 Å². The third kappa shape index (κ3) is 5.23. The Kier molecular flexibility index (Phi) is 7.23. The molecule has 2 rings (SSSR count). The maximum absolute atomic E-state index is 12.5. The minimum atomic E-state index is -0.281. The molecule has 0 aliphatic carbocycles. The van der Waals surface area contributed by atoms with E-state index in [9.17, 15) is 9.59 Å². The van der Waals surface area contributed by atoms with Crippen LogP contribution >= 0.6 is 0 Å². The van der Waals surface area contributed by atoms with Crippen molar-refractivity contribution in [1.29, 1.82) is 0 Å². The summed E-state index contributed by atoms with van der Waals surface area (Å²) in [6.45, 7) is 2.80. The summed E-state index contributed by atoms with van der Waals surface area (Å²) in [5.74, 6) is 0.816. The van der Waals surface area contributed by atoms with Crippen molar-refractivity contribution in [3.05, 3.63) is 53.6 Å². The van der Waals surface area contributed by atoms with E-state index >= 15 is 0 Å². The van der Waals surface area contributed by atoms with Crippen molar-refractivity contribution in [2.45, 2.75) is 19.8 Å². The second-order valence-electron chi connectivity index (χ2n) is 6.18. The maximum Gasteiger partial charge on any atom is 0.255 e. The van der Waals surface area contributed by atoms with Gasteiger partial charge in [0.15, 0.2) is 0 Å². The van der Waals surface area contributed by atoms with E-state index in [1.807, 2.05) is 0 Å². The number of hydrogen-bond donors (Lipinski definition) is 1. The van der Waals surface area contributed by atoms with Gasteiger partial charge in [0, 0.05) is 30.8 Å². The topological polar surface area (TPSA) is 67.9 Å². The first-order valence-electron chi connectivity index (χ1n) is 8.89. The number of benzene rings is 2. The molecular formula is C21H26N2O4. The highest BCUT2D eigenvalue weighted by Crippen LogP contribution is 2.29. The average Bonchev–Trinajstić information content (AvgIpc) is 2.71. The SMILES string of the molecule is CCCCN(C)C(=O)c1ccc(C(=O)Nc2ccc(OC)cc2OC)cc1. The van der Waals surface area contributed by atoms with Gasteiger partial charge < -0.3 is 19.7 Å². The molecule has 0 aliphatic heterocycles. The molecule has 1 N–H and O–H groups in total. The highest BCUT2D eigenvalue weighted by Gasteiger charge is 2.14. The van der Waals surface area contributed by atoms with Crippen molar-refractivity contribution in [2.24, 2.45) is 0 Å². The van der Waals surface area contributed by atoms with Crippen LogP contribution < -0.4 is 14.8 Å². The molecule has 6 heteroatoms. The van der Waals surface area contributed by atoms with Crippen LogP contribution in [0.4, 0.5) is 5.69 Å². The summed E-state index contributed by atoms with van der Waals surface area (Å²) < 4.78 is 10.4. The molecule has 0 unspecified atom stereocenters. The lowest BCUT2D eigenvalue weighted by Gasteiger charge is -2.17. The number of unbranched alkanes of at least 4 members (excludes halogenated alkanes) is 1. The monoisotopic (exact) mass is 370 g/mol. The van der Waals surface area contributed by atoms with Gasteiger partial charge in [0.05, 0.1) is 19.9 Å². The molecule has 0 atom stereocenters. The number of anilines is 1. The first kappa shape index (κ1) is 20.3. The largest absolute Gasteiger partial charge is 0.497 e. The van der Waals surface area contributed by atoms with E-state index in [1.165, 1.54) is 7.11 Å². The third-order valence-electron chi connectivity index (χ3n) is 4.24. The number of hydrogen-bond acceptors (Lipinski definition) is 4. The Morgan fingerprint density at radius 2 is 1.67 bits per heavy atom. The first-order valence-corrected chi connectivity index (χ1v) is 8.89. The van der Waals surface area contributed by atoms with Gasteiger partial charge >= 0.3 is 0 Å². The van der Waals surface area contributed by atoms with E-state index in [1.54, 1.807) is 61.5 Å². The van der Waals surface area contributed by atoms with E-state index in [0.29, 0.717) is 28.3 Å². The molecule has 2 aromatic carbocycles. The molecule has 27 heavy (non-hydrogen) atoms. The molecule has 0 bridgehead atoms. The predicted molar refractivity (Wildman–Crippen MR) is 106 cm³/mol. The summed E-state index contributed by atoms with van der Waals surface area (Å²) in [5.41, 5.74) is 1.57. The molecule has 0 aliphatic rings. The van der Waals surface area contributed by atoms with Gasteiger partial charge in [-0.2, -0.15) is 0 Å². The van der Waals surface area contributed by atoms with Crippen molar-refractivity contribution in [3.8, 4) is 11.5 Å². The quantitative estimate of drug-likeness (QED) is 0.767. The van der Waals surface area contributed by atoms with Gasteiger partial charge in [-0.25, -0.2) is 0 Å². The van der Waals surface area contributed by atoms with Crippen LogP contribution in [0.3, 0.4) is 0 Å². The van der Waals surface area contributed by atoms with Crippen molar-refractivity contribution in [1.82, 2.24) is 4.90 Å². The van der Waals surface area contributed by atoms with E-state index in [4.69, 9.17) is 9.47 Å². The van der Waals surface area contributed by atoms with E-state index < -0.39 is 0 Å². The summed E-state index contributed by atoms with van der Waals surface area (Å²) in [5, 5.41) is 2.81. The molecule has 0 aromatic heterocycles. The van der Waals surface area contributed by atoms with E-state index in [-0.39, 0.29) is 11.8 Å². The average molecular weight is 370 g/mol. The summed E-state index contributed by atoms with van der Waals surface area (Å²) in [6, 6.07) is 11.8. The minimum Gasteiger partial charge on any atom is -0.497 e. The van der Waals surface area contributed by atoms with Crippen LogP contribution in [0.15, 0.2) is 42.5 Å². The molecule has 0 radical (unpaired) electrons. The highest BCUT2D eigenvalue weighted by atomic mass is 16.5. The van der Waals surface area contributed by atoms with Gasteiger partial charge in [-0.1, -0.05) is 13.3 Å². The number of carbonyl (C=O) groups is 2. The molecule has 6 nitrogen and oxygen atoms in total. The number of nitrogens with one attached hydrogen (secondary N) is 1. The lowest BCUT2D eigenvalue weighted by Crippen LogP contribution is -2.27. The fourth-order valence-electron chi connectivity index (χ4n) is 2.58. The molecular weight excluding hydrogens is 344 g/mol. The predicted octanol–water partition coefficient (Wildman–Crippen LogP) is 3.83. The maximum atomic E-state index is 12.5. The van der Waals surface area contributed by atoms with Crippen molar-refractivity contribution in [2.75, 3.05) is 33.1 Å². The zero-order chi connectivity index (χ0) is 19.8. The van der Waals surface area contributed by atoms with Gasteiger partial charge in [0.2, 0.25) is 0 Å². The van der Waals surface area contributed by atoms with Crippen molar-refractivity contribution in [3.63, 3.8) is 0 Å². The Morgan fingerprint density at radius 1 is 1.00 bits per heavy atom. The van der Waals surface area contributed by atoms with Gasteiger partial charge in [-0.15, -0.1) is 0 Å². The highest BCUT2D eigenvalue weighted by molar-refractivity contribution is 6.05. The third-order valence-corrected chi connectivity index (χ3v) is 4.24. The number of amides is 2. The number of ether oxygens (including phenoxy) is 2. The summed E-state index contributed by atoms with van der Waals surface area (Å²) >= 11 is 0. The summed E-state index contributed by atoms with van der Waals surface area (Å²) in [6.07, 6.45) is 2.00. The Morgan fingerprint density at radius 3 is 2.26 bits per heavy atom. The summed E-state index contributed by atoms with van der Waals surface area (Å²) in [7, 11) is 4.88. The Hall–Kier alpha value is -3.02. The summed E-state index contributed by atoms with van der Waals surface area (Å²) in [4.78, 5) is 26.6. The van der Waals surface area contributed by atoms with E-state index in [2.05, 4.69) is 12.2 Å². The zero-order valence-electron chi connectivity index (χ0n) is 16.2. The van der Waals surface area contributed by atoms with Crippen molar-refractivity contribution >= 4 is 17.5 Å². The van der Waals surface area contributed by atoms with Crippen LogP contribution in [0.25, 0.3) is 0 Å². The number of nitrogens with zero attached hydrogens (tertiary/aromatic N) is 1. The molecule has 144 valence electrons. The minimum absolute atomic E-state index is 0.0489. The lowest BCUT2D eigenvalue weighted by atomic mass is 10.1. The van der Waals surface area contributed by atoms with Crippen molar-refractivity contribution < 1.29 is 19.1 Å². The second kappa shape index (κ2) is 9.62. The van der Waals surface area contributed by atoms with Crippen LogP contribution in [0.2, 0.25) is 0 Å². The Bertz CT molecular complexity index is 787. The van der Waals surface area contributed by atoms with Gasteiger partial charge in [-0.3, -0.25) is 9.59 Å². The normalized spacial score (nSPS) is 10.2. The van der Waals surface area contributed by atoms with Crippen LogP contribution in [-0.4, -0.2) is 44.5 Å².